The summed E-state index contributed by atoms with van der Waals surface area (Å²) in [6, 6.07) is 0. The van der Waals surface area contributed by atoms with E-state index in [0.29, 0.717) is 35.5 Å². The van der Waals surface area contributed by atoms with E-state index in [1.54, 1.807) is 6.21 Å². The maximum Gasteiger partial charge on any atom is 0.0588 e. The second kappa shape index (κ2) is 8.52. The molecule has 3 heteroatoms. The molecule has 11 atom stereocenters. The van der Waals surface area contributed by atoms with E-state index in [9.17, 15) is 10.2 Å². The third-order valence-electron chi connectivity index (χ3n) is 11.5. The van der Waals surface area contributed by atoms with Crippen molar-refractivity contribution in [2.75, 3.05) is 0 Å². The third-order valence-corrected chi connectivity index (χ3v) is 11.5. The average molecular weight is 444 g/mol. The van der Waals surface area contributed by atoms with Gasteiger partial charge in [-0.25, -0.2) is 0 Å². The Morgan fingerprint density at radius 1 is 0.906 bits per heavy atom. The number of allylic oxidation sites excluding steroid dienone is 2. The summed E-state index contributed by atoms with van der Waals surface area (Å²) in [5.41, 5.74) is -0.0366. The second-order valence-electron chi connectivity index (χ2n) is 13.3. The summed E-state index contributed by atoms with van der Waals surface area (Å²) in [6.45, 7) is 14.1. The van der Waals surface area contributed by atoms with Crippen molar-refractivity contribution in [3.63, 3.8) is 0 Å². The van der Waals surface area contributed by atoms with Gasteiger partial charge < -0.3 is 15.6 Å². The molecular weight excluding hydrogens is 394 g/mol. The zero-order valence-electron chi connectivity index (χ0n) is 21.5. The van der Waals surface area contributed by atoms with E-state index in [2.05, 4.69) is 53.7 Å². The van der Waals surface area contributed by atoms with Crippen molar-refractivity contribution in [1.82, 2.24) is 0 Å². The molecule has 32 heavy (non-hydrogen) atoms. The Morgan fingerprint density at radius 2 is 1.62 bits per heavy atom. The van der Waals surface area contributed by atoms with Crippen molar-refractivity contribution in [3.8, 4) is 0 Å². The summed E-state index contributed by atoms with van der Waals surface area (Å²) in [4.78, 5) is 0. The van der Waals surface area contributed by atoms with Crippen LogP contribution in [0.4, 0.5) is 0 Å². The van der Waals surface area contributed by atoms with Crippen molar-refractivity contribution >= 4 is 6.21 Å². The van der Waals surface area contributed by atoms with Crippen LogP contribution < -0.4 is 0 Å². The fraction of sp³-hybridized carbons (Fsp3) is 0.897. The maximum atomic E-state index is 11.8. The molecule has 0 unspecified atom stereocenters. The molecule has 0 saturated heterocycles. The highest BCUT2D eigenvalue weighted by Crippen LogP contribution is 2.72. The molecule has 0 aromatic rings. The molecule has 4 fully saturated rings. The summed E-state index contributed by atoms with van der Waals surface area (Å²) in [7, 11) is 0. The topological polar surface area (TPSA) is 64.3 Å². The fourth-order valence-electron chi connectivity index (χ4n) is 9.48. The summed E-state index contributed by atoms with van der Waals surface area (Å²) in [6.07, 6.45) is 14.3. The van der Waals surface area contributed by atoms with Crippen molar-refractivity contribution in [2.45, 2.75) is 105 Å². The van der Waals surface area contributed by atoms with Crippen LogP contribution >= 0.6 is 0 Å². The van der Waals surface area contributed by atoms with E-state index < -0.39 is 0 Å². The first kappa shape index (κ1) is 24.5. The molecule has 4 aliphatic rings. The minimum Gasteiger partial charge on any atom is -0.393 e. The van der Waals surface area contributed by atoms with Crippen LogP contribution in [0, 0.1) is 63.1 Å². The highest BCUT2D eigenvalue weighted by atomic mass is 16.3. The van der Waals surface area contributed by atoms with Gasteiger partial charge in [-0.05, 0) is 97.7 Å². The number of aliphatic hydroxyl groups is 2. The lowest BCUT2D eigenvalue weighted by Crippen LogP contribution is -2.65. The number of fused-ring (bicyclic) bond motifs is 5. The molecule has 4 rings (SSSR count). The first-order valence-electron chi connectivity index (χ1n) is 13.6. The molecule has 0 bridgehead atoms. The van der Waals surface area contributed by atoms with E-state index in [4.69, 9.17) is 5.41 Å². The van der Waals surface area contributed by atoms with Crippen LogP contribution in [0.3, 0.4) is 0 Å². The molecule has 182 valence electrons. The molecule has 0 aliphatic heterocycles. The van der Waals surface area contributed by atoms with E-state index in [1.807, 2.05) is 0 Å². The van der Waals surface area contributed by atoms with E-state index >= 15 is 0 Å². The second-order valence-corrected chi connectivity index (χ2v) is 13.3. The molecular formula is C29H49NO2. The van der Waals surface area contributed by atoms with Gasteiger partial charge in [-0.1, -0.05) is 53.7 Å². The first-order chi connectivity index (χ1) is 15.0. The highest BCUT2D eigenvalue weighted by Gasteiger charge is 2.69. The van der Waals surface area contributed by atoms with Gasteiger partial charge in [0.2, 0.25) is 0 Å². The van der Waals surface area contributed by atoms with Crippen LogP contribution in [0.25, 0.3) is 0 Å². The number of hydrogen-bond donors (Lipinski definition) is 3. The van der Waals surface area contributed by atoms with Gasteiger partial charge in [0, 0.05) is 17.5 Å². The minimum atomic E-state index is -0.340. The fourth-order valence-corrected chi connectivity index (χ4v) is 9.48. The Morgan fingerprint density at radius 3 is 2.28 bits per heavy atom. The van der Waals surface area contributed by atoms with Gasteiger partial charge in [0.05, 0.1) is 12.2 Å². The molecule has 3 nitrogen and oxygen atoms in total. The lowest BCUT2D eigenvalue weighted by atomic mass is 9.38. The molecule has 0 aromatic heterocycles. The predicted molar refractivity (Wildman–Crippen MR) is 133 cm³/mol. The van der Waals surface area contributed by atoms with Gasteiger partial charge >= 0.3 is 0 Å². The average Bonchev–Trinajstić information content (AvgIpc) is 3.08. The lowest BCUT2D eigenvalue weighted by Gasteiger charge is -2.67. The zero-order chi connectivity index (χ0) is 23.5. The van der Waals surface area contributed by atoms with Gasteiger partial charge in [0.1, 0.15) is 0 Å². The van der Waals surface area contributed by atoms with Crippen molar-refractivity contribution in [3.05, 3.63) is 12.2 Å². The molecule has 4 saturated carbocycles. The molecule has 0 aromatic carbocycles. The van der Waals surface area contributed by atoms with Gasteiger partial charge in [0.25, 0.3) is 0 Å². The van der Waals surface area contributed by atoms with Gasteiger partial charge in [-0.15, -0.1) is 0 Å². The summed E-state index contributed by atoms with van der Waals surface area (Å²) in [5.74, 6) is 3.49. The SMILES string of the molecule is CC(C)[C@@H](C)C=C[C@@H](C)[C@H]1CC[C@@H]2[C@]1(C)C[C@H](O)[C@@H]1[C@@]3(C)CC[C@H](O)C[C@@H]3CC[C@@]21C=N. The largest absolute Gasteiger partial charge is 0.393 e. The van der Waals surface area contributed by atoms with Crippen LogP contribution in [-0.4, -0.2) is 28.6 Å². The van der Waals surface area contributed by atoms with Crippen molar-refractivity contribution in [1.29, 1.82) is 5.41 Å². The standard InChI is InChI=1S/C29H49NO2/c1-18(2)19(3)7-8-20(4)23-9-10-25-28(23,6)16-24(32)26-27(5)13-12-22(31)15-21(27)11-14-29(25,26)17-30/h7-8,17-26,30-32H,9-16H2,1-6H3/t19-,20+,21-,22-,23+,24-,25+,26+,27-,28+,29+/m0/s1. The van der Waals surface area contributed by atoms with E-state index in [0.717, 1.165) is 38.5 Å². The van der Waals surface area contributed by atoms with Gasteiger partial charge in [-0.3, -0.25) is 0 Å². The monoisotopic (exact) mass is 443 g/mol. The first-order valence-corrected chi connectivity index (χ1v) is 13.6. The molecule has 0 heterocycles. The third kappa shape index (κ3) is 3.56. The number of aliphatic hydroxyl groups excluding tert-OH is 2. The Kier molecular flexibility index (Phi) is 6.51. The maximum absolute atomic E-state index is 11.8. The van der Waals surface area contributed by atoms with Crippen LogP contribution in [0.5, 0.6) is 0 Å². The van der Waals surface area contributed by atoms with E-state index in [-0.39, 0.29) is 34.4 Å². The van der Waals surface area contributed by atoms with Crippen LogP contribution in [0.15, 0.2) is 12.2 Å². The van der Waals surface area contributed by atoms with E-state index in [1.165, 1.54) is 12.8 Å². The number of hydrogen-bond acceptors (Lipinski definition) is 3. The summed E-state index contributed by atoms with van der Waals surface area (Å²) < 4.78 is 0. The number of nitrogens with one attached hydrogen (secondary N) is 1. The van der Waals surface area contributed by atoms with Crippen LogP contribution in [0.1, 0.15) is 92.9 Å². The Balaban J connectivity index is 1.65. The van der Waals surface area contributed by atoms with Gasteiger partial charge in [-0.2, -0.15) is 0 Å². The molecule has 3 N–H and O–H groups in total. The lowest BCUT2D eigenvalue weighted by molar-refractivity contribution is -0.199. The molecule has 4 aliphatic carbocycles. The number of rotatable bonds is 5. The van der Waals surface area contributed by atoms with Crippen molar-refractivity contribution < 1.29 is 10.2 Å². The normalized spacial score (nSPS) is 50.5. The van der Waals surface area contributed by atoms with Crippen LogP contribution in [0.2, 0.25) is 0 Å². The van der Waals surface area contributed by atoms with Crippen LogP contribution in [-0.2, 0) is 0 Å². The summed E-state index contributed by atoms with van der Waals surface area (Å²) >= 11 is 0. The molecule has 0 spiro atoms. The molecule has 0 amide bonds. The Hall–Kier alpha value is -0.670. The zero-order valence-corrected chi connectivity index (χ0v) is 21.5. The van der Waals surface area contributed by atoms with Gasteiger partial charge in [0.15, 0.2) is 0 Å². The predicted octanol–water partition coefficient (Wildman–Crippen LogP) is 6.48. The highest BCUT2D eigenvalue weighted by molar-refractivity contribution is 5.65. The van der Waals surface area contributed by atoms with Crippen molar-refractivity contribution in [2.24, 2.45) is 57.7 Å². The smallest absolute Gasteiger partial charge is 0.0588 e. The quantitative estimate of drug-likeness (QED) is 0.336. The summed E-state index contributed by atoms with van der Waals surface area (Å²) in [5, 5.41) is 30.9. The minimum absolute atomic E-state index is 0.0477. The Bertz CT molecular complexity index is 733. The molecule has 0 radical (unpaired) electrons. The Labute approximate surface area is 197 Å².